The monoisotopic (exact) mass is 300 g/mol. The molecule has 0 aliphatic heterocycles. The van der Waals surface area contributed by atoms with Crippen molar-refractivity contribution in [2.24, 2.45) is 0 Å². The molecule has 0 bridgehead atoms. The van der Waals surface area contributed by atoms with Gasteiger partial charge in [-0.25, -0.2) is 4.39 Å². The van der Waals surface area contributed by atoms with E-state index in [1.807, 2.05) is 25.2 Å². The average molecular weight is 302 g/mol. The maximum atomic E-state index is 13.9. The average Bonchev–Trinajstić information content (AvgIpc) is 2.16. The lowest BCUT2D eigenvalue weighted by atomic mass is 9.77. The Balaban J connectivity index is 2.48. The number of hydrogen-bond donors (Lipinski definition) is 0. The number of allylic oxidation sites excluding steroid dienone is 4. The molecule has 0 radical (unpaired) electrons. The molecule has 1 aliphatic rings. The standard InChI is InChI=1S/C13H11BrClF/c1-13(6-2-3-9(14)8-13)11-5-4-10(15)7-12(11)16/h2-5,7-8H,6H2,1H3. The lowest BCUT2D eigenvalue weighted by Crippen LogP contribution is -2.21. The van der Waals surface area contributed by atoms with E-state index in [1.54, 1.807) is 12.1 Å². The van der Waals surface area contributed by atoms with Crippen LogP contribution in [0.2, 0.25) is 5.02 Å². The largest absolute Gasteiger partial charge is 0.207 e. The second-order valence-electron chi connectivity index (χ2n) is 4.18. The minimum atomic E-state index is -0.303. The first kappa shape index (κ1) is 11.9. The molecule has 0 saturated carbocycles. The van der Waals surface area contributed by atoms with Gasteiger partial charge in [-0.3, -0.25) is 0 Å². The van der Waals surface area contributed by atoms with Crippen LogP contribution in [0.1, 0.15) is 18.9 Å². The van der Waals surface area contributed by atoms with Crippen molar-refractivity contribution in [3.05, 3.63) is 57.3 Å². The number of rotatable bonds is 1. The summed E-state index contributed by atoms with van der Waals surface area (Å²) in [6.07, 6.45) is 6.84. The summed E-state index contributed by atoms with van der Waals surface area (Å²) in [7, 11) is 0. The zero-order valence-corrected chi connectivity index (χ0v) is 11.1. The number of halogens is 3. The quantitative estimate of drug-likeness (QED) is 0.686. The van der Waals surface area contributed by atoms with Crippen LogP contribution in [0.3, 0.4) is 0 Å². The Kier molecular flexibility index (Phi) is 3.22. The van der Waals surface area contributed by atoms with Crippen molar-refractivity contribution in [2.75, 3.05) is 0 Å². The lowest BCUT2D eigenvalue weighted by molar-refractivity contribution is 0.530. The molecule has 1 unspecified atom stereocenters. The highest BCUT2D eigenvalue weighted by molar-refractivity contribution is 9.11. The van der Waals surface area contributed by atoms with E-state index in [0.717, 1.165) is 10.9 Å². The first-order chi connectivity index (χ1) is 7.51. The molecule has 16 heavy (non-hydrogen) atoms. The van der Waals surface area contributed by atoms with Gasteiger partial charge in [0, 0.05) is 14.9 Å². The number of hydrogen-bond acceptors (Lipinski definition) is 0. The summed E-state index contributed by atoms with van der Waals surface area (Å²) in [5.74, 6) is -0.248. The summed E-state index contributed by atoms with van der Waals surface area (Å²) < 4.78 is 14.8. The summed E-state index contributed by atoms with van der Waals surface area (Å²) in [4.78, 5) is 0. The van der Waals surface area contributed by atoms with Crippen LogP contribution in [0.15, 0.2) is 40.9 Å². The zero-order valence-electron chi connectivity index (χ0n) is 8.81. The van der Waals surface area contributed by atoms with Gasteiger partial charge in [-0.1, -0.05) is 58.7 Å². The third kappa shape index (κ3) is 2.23. The topological polar surface area (TPSA) is 0 Å². The predicted octanol–water partition coefficient (Wildman–Crippen LogP) is 4.98. The molecular formula is C13H11BrClF. The van der Waals surface area contributed by atoms with Crippen LogP contribution in [0, 0.1) is 5.82 Å². The van der Waals surface area contributed by atoms with Crippen LogP contribution in [0.4, 0.5) is 4.39 Å². The Bertz CT molecular complexity index is 479. The normalized spacial score (nSPS) is 24.4. The van der Waals surface area contributed by atoms with Crippen LogP contribution < -0.4 is 0 Å². The van der Waals surface area contributed by atoms with Gasteiger partial charge in [0.05, 0.1) is 0 Å². The van der Waals surface area contributed by atoms with E-state index in [0.29, 0.717) is 10.6 Å². The van der Waals surface area contributed by atoms with Gasteiger partial charge in [-0.2, -0.15) is 0 Å². The van der Waals surface area contributed by atoms with Gasteiger partial charge < -0.3 is 0 Å². The highest BCUT2D eigenvalue weighted by Crippen LogP contribution is 2.37. The van der Waals surface area contributed by atoms with Crippen molar-refractivity contribution in [2.45, 2.75) is 18.8 Å². The number of benzene rings is 1. The van der Waals surface area contributed by atoms with E-state index in [-0.39, 0.29) is 11.2 Å². The van der Waals surface area contributed by atoms with Gasteiger partial charge >= 0.3 is 0 Å². The molecule has 3 heteroatoms. The van der Waals surface area contributed by atoms with Gasteiger partial charge in [0.25, 0.3) is 0 Å². The lowest BCUT2D eigenvalue weighted by Gasteiger charge is -2.28. The molecule has 2 rings (SSSR count). The van der Waals surface area contributed by atoms with Crippen molar-refractivity contribution in [1.82, 2.24) is 0 Å². The summed E-state index contributed by atoms with van der Waals surface area (Å²) >= 11 is 9.18. The van der Waals surface area contributed by atoms with Gasteiger partial charge in [0.15, 0.2) is 0 Å². The van der Waals surface area contributed by atoms with E-state index >= 15 is 0 Å². The van der Waals surface area contributed by atoms with Crippen LogP contribution in [0.25, 0.3) is 0 Å². The van der Waals surface area contributed by atoms with Crippen molar-refractivity contribution < 1.29 is 4.39 Å². The maximum absolute atomic E-state index is 13.9. The van der Waals surface area contributed by atoms with E-state index < -0.39 is 0 Å². The molecule has 1 atom stereocenters. The zero-order chi connectivity index (χ0) is 11.8. The predicted molar refractivity (Wildman–Crippen MR) is 69.5 cm³/mol. The molecule has 0 saturated heterocycles. The van der Waals surface area contributed by atoms with E-state index in [2.05, 4.69) is 15.9 Å². The minimum absolute atomic E-state index is 0.248. The van der Waals surface area contributed by atoms with Crippen molar-refractivity contribution in [3.63, 3.8) is 0 Å². The second-order valence-corrected chi connectivity index (χ2v) is 5.53. The molecule has 0 spiro atoms. The fourth-order valence-corrected chi connectivity index (χ4v) is 2.82. The molecule has 1 aliphatic carbocycles. The van der Waals surface area contributed by atoms with Gasteiger partial charge in [-0.15, -0.1) is 0 Å². The Labute approximate surface area is 108 Å². The summed E-state index contributed by atoms with van der Waals surface area (Å²) in [6.45, 7) is 2.02. The molecule has 0 aromatic heterocycles. The Morgan fingerprint density at radius 1 is 1.44 bits per heavy atom. The van der Waals surface area contributed by atoms with E-state index in [4.69, 9.17) is 11.6 Å². The molecule has 0 N–H and O–H groups in total. The molecule has 1 aromatic carbocycles. The van der Waals surface area contributed by atoms with Crippen molar-refractivity contribution in [3.8, 4) is 0 Å². The smallest absolute Gasteiger partial charge is 0.128 e. The van der Waals surface area contributed by atoms with Gasteiger partial charge in [0.1, 0.15) is 5.82 Å². The highest BCUT2D eigenvalue weighted by atomic mass is 79.9. The minimum Gasteiger partial charge on any atom is -0.207 e. The Morgan fingerprint density at radius 2 is 2.19 bits per heavy atom. The molecule has 0 fully saturated rings. The highest BCUT2D eigenvalue weighted by Gasteiger charge is 2.28. The van der Waals surface area contributed by atoms with Crippen molar-refractivity contribution in [1.29, 1.82) is 0 Å². The fraction of sp³-hybridized carbons (Fsp3) is 0.231. The third-order valence-electron chi connectivity index (χ3n) is 2.82. The summed E-state index contributed by atoms with van der Waals surface area (Å²) in [5, 5.41) is 0.430. The van der Waals surface area contributed by atoms with Crippen LogP contribution in [-0.2, 0) is 5.41 Å². The molecule has 84 valence electrons. The maximum Gasteiger partial charge on any atom is 0.128 e. The van der Waals surface area contributed by atoms with Crippen molar-refractivity contribution >= 4 is 27.5 Å². The third-order valence-corrected chi connectivity index (χ3v) is 3.55. The molecular weight excluding hydrogens is 290 g/mol. The molecule has 0 nitrogen and oxygen atoms in total. The van der Waals surface area contributed by atoms with E-state index in [1.165, 1.54) is 6.07 Å². The van der Waals surface area contributed by atoms with Gasteiger partial charge in [-0.05, 0) is 24.1 Å². The SMILES string of the molecule is CC1(c2ccc(Cl)cc2F)C=C(Br)C=CC1. The summed E-state index contributed by atoms with van der Waals surface area (Å²) in [6, 6.07) is 4.85. The molecule has 0 amide bonds. The van der Waals surface area contributed by atoms with Crippen LogP contribution in [-0.4, -0.2) is 0 Å². The van der Waals surface area contributed by atoms with Crippen LogP contribution in [0.5, 0.6) is 0 Å². The van der Waals surface area contributed by atoms with Gasteiger partial charge in [0.2, 0.25) is 0 Å². The Hall–Kier alpha value is -0.600. The summed E-state index contributed by atoms with van der Waals surface area (Å²) in [5.41, 5.74) is 0.376. The fourth-order valence-electron chi connectivity index (χ4n) is 1.97. The molecule has 1 aromatic rings. The molecule has 0 heterocycles. The van der Waals surface area contributed by atoms with E-state index in [9.17, 15) is 4.39 Å². The first-order valence-corrected chi connectivity index (χ1v) is 6.19. The first-order valence-electron chi connectivity index (χ1n) is 5.02. The van der Waals surface area contributed by atoms with Crippen LogP contribution >= 0.6 is 27.5 Å². The Morgan fingerprint density at radius 3 is 2.81 bits per heavy atom. The second kappa shape index (κ2) is 4.34.